The maximum Gasteiger partial charge on any atom is 0.237 e. The summed E-state index contributed by atoms with van der Waals surface area (Å²) in [5.74, 6) is 2.88. The molecule has 0 aromatic carbocycles. The third-order valence-electron chi connectivity index (χ3n) is 2.29. The summed E-state index contributed by atoms with van der Waals surface area (Å²) in [7, 11) is 0. The Labute approximate surface area is 100 Å². The summed E-state index contributed by atoms with van der Waals surface area (Å²) >= 11 is 1.73. The molecule has 1 atom stereocenters. The van der Waals surface area contributed by atoms with Crippen molar-refractivity contribution in [1.82, 2.24) is 10.1 Å². The topological polar surface area (TPSA) is 56.0 Å². The van der Waals surface area contributed by atoms with Gasteiger partial charge in [0.1, 0.15) is 5.78 Å². The fraction of sp³-hybridized carbons (Fsp3) is 0.727. The number of hydrogen-bond acceptors (Lipinski definition) is 5. The van der Waals surface area contributed by atoms with Crippen molar-refractivity contribution in [3.05, 3.63) is 11.7 Å². The van der Waals surface area contributed by atoms with E-state index in [2.05, 4.69) is 17.1 Å². The van der Waals surface area contributed by atoms with Crippen LogP contribution in [0.2, 0.25) is 0 Å². The molecular weight excluding hydrogens is 224 g/mol. The molecule has 0 N–H and O–H groups in total. The smallest absolute Gasteiger partial charge is 0.237 e. The molecule has 0 aliphatic carbocycles. The Morgan fingerprint density at radius 1 is 1.50 bits per heavy atom. The fourth-order valence-electron chi connectivity index (χ4n) is 1.57. The lowest BCUT2D eigenvalue weighted by Gasteiger charge is -2.12. The first-order valence-electron chi connectivity index (χ1n) is 5.47. The molecule has 1 aromatic rings. The quantitative estimate of drug-likeness (QED) is 0.767. The van der Waals surface area contributed by atoms with E-state index in [1.165, 1.54) is 0 Å². The molecule has 0 fully saturated rings. The number of hydrogen-bond donors (Lipinski definition) is 0. The van der Waals surface area contributed by atoms with Gasteiger partial charge in [-0.3, -0.25) is 4.79 Å². The van der Waals surface area contributed by atoms with Gasteiger partial charge in [-0.15, -0.1) is 0 Å². The second-order valence-corrected chi connectivity index (χ2v) is 5.29. The molecule has 0 saturated heterocycles. The molecule has 1 rings (SSSR count). The van der Waals surface area contributed by atoms with E-state index in [9.17, 15) is 4.79 Å². The zero-order valence-electron chi connectivity index (χ0n) is 10.2. The first-order valence-corrected chi connectivity index (χ1v) is 6.62. The Balaban J connectivity index is 2.78. The van der Waals surface area contributed by atoms with Gasteiger partial charge >= 0.3 is 0 Å². The molecule has 0 saturated carbocycles. The Kier molecular flexibility index (Phi) is 4.99. The van der Waals surface area contributed by atoms with Crippen molar-refractivity contribution in [2.75, 3.05) is 5.75 Å². The van der Waals surface area contributed by atoms with Crippen molar-refractivity contribution in [2.45, 2.75) is 39.4 Å². The highest BCUT2D eigenvalue weighted by Gasteiger charge is 2.26. The van der Waals surface area contributed by atoms with Crippen molar-refractivity contribution in [2.24, 2.45) is 5.92 Å². The minimum Gasteiger partial charge on any atom is -0.339 e. The van der Waals surface area contributed by atoms with Crippen molar-refractivity contribution < 1.29 is 9.32 Å². The van der Waals surface area contributed by atoms with Crippen molar-refractivity contribution in [3.8, 4) is 0 Å². The van der Waals surface area contributed by atoms with E-state index < -0.39 is 0 Å². The Hall–Kier alpha value is -0.840. The highest BCUT2D eigenvalue weighted by molar-refractivity contribution is 7.98. The Morgan fingerprint density at radius 2 is 2.19 bits per heavy atom. The zero-order valence-corrected chi connectivity index (χ0v) is 11.0. The van der Waals surface area contributed by atoms with Crippen molar-refractivity contribution in [1.29, 1.82) is 0 Å². The molecule has 1 heterocycles. The number of nitrogens with zero attached hydrogens (tertiary/aromatic N) is 2. The molecule has 5 heteroatoms. The monoisotopic (exact) mass is 242 g/mol. The zero-order chi connectivity index (χ0) is 12.1. The van der Waals surface area contributed by atoms with Gasteiger partial charge in [0.15, 0.2) is 5.82 Å². The van der Waals surface area contributed by atoms with Gasteiger partial charge in [-0.05, 0) is 18.6 Å². The molecule has 0 spiro atoms. The van der Waals surface area contributed by atoms with E-state index >= 15 is 0 Å². The van der Waals surface area contributed by atoms with Crippen LogP contribution in [0.1, 0.15) is 45.3 Å². The summed E-state index contributed by atoms with van der Waals surface area (Å²) < 4.78 is 5.15. The Morgan fingerprint density at radius 3 is 2.69 bits per heavy atom. The number of carbonyl (C=O) groups excluding carboxylic acids is 1. The predicted octanol–water partition coefficient (Wildman–Crippen LogP) is 2.65. The summed E-state index contributed by atoms with van der Waals surface area (Å²) in [5.41, 5.74) is 0. The number of carbonyl (C=O) groups is 1. The van der Waals surface area contributed by atoms with E-state index in [0.29, 0.717) is 11.7 Å². The lowest BCUT2D eigenvalue weighted by molar-refractivity contribution is -0.119. The molecule has 0 aliphatic rings. The normalized spacial score (nSPS) is 13.1. The lowest BCUT2D eigenvalue weighted by Crippen LogP contribution is -2.15. The van der Waals surface area contributed by atoms with E-state index in [-0.39, 0.29) is 17.6 Å². The van der Waals surface area contributed by atoms with Gasteiger partial charge in [0.2, 0.25) is 5.89 Å². The van der Waals surface area contributed by atoms with Crippen LogP contribution in [-0.4, -0.2) is 21.7 Å². The molecule has 16 heavy (non-hydrogen) atoms. The van der Waals surface area contributed by atoms with Crippen LogP contribution in [0.3, 0.4) is 0 Å². The van der Waals surface area contributed by atoms with Gasteiger partial charge in [0.25, 0.3) is 0 Å². The predicted molar refractivity (Wildman–Crippen MR) is 64.4 cm³/mol. The standard InChI is InChI=1S/C11H18N2O2S/c1-5-16-6-9-12-11(15-13-9)10(7(2)3)8(4)14/h7,10H,5-6H2,1-4H3. The van der Waals surface area contributed by atoms with Gasteiger partial charge in [-0.2, -0.15) is 16.7 Å². The first kappa shape index (κ1) is 13.2. The highest BCUT2D eigenvalue weighted by Crippen LogP contribution is 2.24. The summed E-state index contributed by atoms with van der Waals surface area (Å²) in [4.78, 5) is 15.7. The summed E-state index contributed by atoms with van der Waals surface area (Å²) in [5, 5.41) is 3.88. The van der Waals surface area contributed by atoms with Gasteiger partial charge in [0, 0.05) is 0 Å². The van der Waals surface area contributed by atoms with Crippen LogP contribution in [-0.2, 0) is 10.5 Å². The van der Waals surface area contributed by atoms with Crippen LogP contribution in [0.4, 0.5) is 0 Å². The highest BCUT2D eigenvalue weighted by atomic mass is 32.2. The summed E-state index contributed by atoms with van der Waals surface area (Å²) in [6.07, 6.45) is 0. The molecule has 0 amide bonds. The maximum atomic E-state index is 11.5. The van der Waals surface area contributed by atoms with Crippen LogP contribution in [0.5, 0.6) is 0 Å². The average molecular weight is 242 g/mol. The third-order valence-corrected chi connectivity index (χ3v) is 3.16. The SMILES string of the molecule is CCSCc1noc(C(C(C)=O)C(C)C)n1. The van der Waals surface area contributed by atoms with E-state index in [0.717, 1.165) is 11.5 Å². The minimum atomic E-state index is -0.270. The molecule has 4 nitrogen and oxygen atoms in total. The minimum absolute atomic E-state index is 0.0772. The molecule has 0 aliphatic heterocycles. The molecule has 0 radical (unpaired) electrons. The molecule has 90 valence electrons. The molecule has 1 aromatic heterocycles. The van der Waals surface area contributed by atoms with Gasteiger partial charge < -0.3 is 4.52 Å². The largest absolute Gasteiger partial charge is 0.339 e. The summed E-state index contributed by atoms with van der Waals surface area (Å²) in [6, 6.07) is 0. The number of ketones is 1. The van der Waals surface area contributed by atoms with Crippen LogP contribution in [0.25, 0.3) is 0 Å². The van der Waals surface area contributed by atoms with Crippen LogP contribution in [0, 0.1) is 5.92 Å². The second kappa shape index (κ2) is 6.03. The van der Waals surface area contributed by atoms with E-state index in [4.69, 9.17) is 4.52 Å². The number of rotatable bonds is 6. The van der Waals surface area contributed by atoms with Gasteiger partial charge in [0.05, 0.1) is 11.7 Å². The molecular formula is C11H18N2O2S. The molecule has 0 bridgehead atoms. The van der Waals surface area contributed by atoms with Crippen molar-refractivity contribution >= 4 is 17.5 Å². The van der Waals surface area contributed by atoms with Crippen LogP contribution in [0.15, 0.2) is 4.52 Å². The van der Waals surface area contributed by atoms with Crippen molar-refractivity contribution in [3.63, 3.8) is 0 Å². The average Bonchev–Trinajstić information content (AvgIpc) is 2.62. The molecule has 1 unspecified atom stereocenters. The maximum absolute atomic E-state index is 11.5. The lowest BCUT2D eigenvalue weighted by atomic mass is 9.92. The van der Waals surface area contributed by atoms with Gasteiger partial charge in [-0.1, -0.05) is 25.9 Å². The van der Waals surface area contributed by atoms with E-state index in [1.54, 1.807) is 18.7 Å². The number of Topliss-reactive ketones (excluding diaryl/α,β-unsaturated/α-hetero) is 1. The number of aromatic nitrogens is 2. The number of thioether (sulfide) groups is 1. The third kappa shape index (κ3) is 3.33. The van der Waals surface area contributed by atoms with Crippen LogP contribution < -0.4 is 0 Å². The summed E-state index contributed by atoms with van der Waals surface area (Å²) in [6.45, 7) is 7.61. The second-order valence-electron chi connectivity index (χ2n) is 4.02. The Bertz CT molecular complexity index is 350. The first-order chi connectivity index (χ1) is 7.56. The fourth-order valence-corrected chi connectivity index (χ4v) is 2.08. The van der Waals surface area contributed by atoms with E-state index in [1.807, 2.05) is 13.8 Å². The van der Waals surface area contributed by atoms with Crippen LogP contribution >= 0.6 is 11.8 Å². The van der Waals surface area contributed by atoms with Gasteiger partial charge in [-0.25, -0.2) is 0 Å².